The number of rotatable bonds is 4. The summed E-state index contributed by atoms with van der Waals surface area (Å²) in [5.74, 6) is 0. The Balaban J connectivity index is 0.00000166. The van der Waals surface area contributed by atoms with Crippen LogP contribution in [0.2, 0.25) is 0 Å². The number of allylic oxidation sites excluding steroid dienone is 4. The van der Waals surface area contributed by atoms with E-state index in [0.29, 0.717) is 0 Å². The van der Waals surface area contributed by atoms with Gasteiger partial charge in [0.15, 0.2) is 0 Å². The molecule has 3 heteroatoms. The number of fused-ring (bicyclic) bond motifs is 10. The first-order valence-corrected chi connectivity index (χ1v) is 19.1. The monoisotopic (exact) mass is 684 g/mol. The zero-order valence-electron chi connectivity index (χ0n) is 29.2. The van der Waals surface area contributed by atoms with E-state index in [9.17, 15) is 0 Å². The van der Waals surface area contributed by atoms with Crippen LogP contribution in [0.3, 0.4) is 0 Å². The minimum absolute atomic E-state index is 0.991. The van der Waals surface area contributed by atoms with E-state index in [0.717, 1.165) is 12.1 Å². The third-order valence-corrected chi connectivity index (χ3v) is 11.7. The van der Waals surface area contributed by atoms with Crippen molar-refractivity contribution in [2.24, 2.45) is 0 Å². The molecule has 0 atom stereocenters. The van der Waals surface area contributed by atoms with E-state index >= 15 is 0 Å². The molecule has 0 unspecified atom stereocenters. The molecule has 3 heterocycles. The number of aromatic nitrogens is 2. The fraction of sp³-hybridized carbons (Fsp3) is 0.0612. The van der Waals surface area contributed by atoms with Gasteiger partial charge in [-0.05, 0) is 89.3 Å². The van der Waals surface area contributed by atoms with Crippen LogP contribution in [0.5, 0.6) is 0 Å². The van der Waals surface area contributed by atoms with Crippen LogP contribution in [0.25, 0.3) is 91.9 Å². The lowest BCUT2D eigenvalue weighted by atomic mass is 10.0. The topological polar surface area (TPSA) is 9.86 Å². The number of benzene rings is 7. The van der Waals surface area contributed by atoms with Crippen molar-refractivity contribution in [2.45, 2.75) is 20.3 Å². The van der Waals surface area contributed by atoms with Gasteiger partial charge in [-0.25, -0.2) is 0 Å². The predicted molar refractivity (Wildman–Crippen MR) is 227 cm³/mol. The molecule has 0 aliphatic heterocycles. The minimum atomic E-state index is 0.991. The third kappa shape index (κ3) is 4.63. The highest BCUT2D eigenvalue weighted by Crippen LogP contribution is 2.46. The lowest BCUT2D eigenvalue weighted by Crippen LogP contribution is -1.96. The van der Waals surface area contributed by atoms with E-state index < -0.39 is 0 Å². The van der Waals surface area contributed by atoms with Gasteiger partial charge in [0.05, 0.1) is 22.1 Å². The molecule has 0 fully saturated rings. The van der Waals surface area contributed by atoms with Crippen molar-refractivity contribution < 1.29 is 0 Å². The zero-order valence-corrected chi connectivity index (χ0v) is 30.0. The Bertz CT molecular complexity index is 3040. The summed E-state index contributed by atoms with van der Waals surface area (Å²) in [7, 11) is 0. The van der Waals surface area contributed by atoms with Crippen molar-refractivity contribution in [3.8, 4) is 22.5 Å². The first kappa shape index (κ1) is 30.6. The average Bonchev–Trinajstić information content (AvgIpc) is 4.01. The van der Waals surface area contributed by atoms with Crippen molar-refractivity contribution in [1.82, 2.24) is 9.13 Å². The highest BCUT2D eigenvalue weighted by atomic mass is 32.1. The molecule has 1 aliphatic rings. The molecule has 0 bridgehead atoms. The molecule has 0 saturated carbocycles. The first-order valence-electron chi connectivity index (χ1n) is 18.2. The molecular weight excluding hydrogens is 649 g/mol. The van der Waals surface area contributed by atoms with Gasteiger partial charge in [0, 0.05) is 53.1 Å². The number of thiophene rings is 1. The number of hydrogen-bond acceptors (Lipinski definition) is 1. The van der Waals surface area contributed by atoms with E-state index in [1.165, 1.54) is 91.7 Å². The van der Waals surface area contributed by atoms with Crippen molar-refractivity contribution in [1.29, 1.82) is 0 Å². The maximum absolute atomic E-state index is 2.52. The van der Waals surface area contributed by atoms with Gasteiger partial charge < -0.3 is 9.13 Å². The lowest BCUT2D eigenvalue weighted by Gasteiger charge is -2.12. The number of hydrogen-bond donors (Lipinski definition) is 0. The summed E-state index contributed by atoms with van der Waals surface area (Å²) in [4.78, 5) is 0. The van der Waals surface area contributed by atoms with Gasteiger partial charge in [0.25, 0.3) is 0 Å². The predicted octanol–water partition coefficient (Wildman–Crippen LogP) is 14.3. The van der Waals surface area contributed by atoms with Gasteiger partial charge in [0.1, 0.15) is 0 Å². The van der Waals surface area contributed by atoms with Crippen molar-refractivity contribution >= 4 is 80.7 Å². The second kappa shape index (κ2) is 12.3. The summed E-state index contributed by atoms with van der Waals surface area (Å²) in [6, 6.07) is 56.0. The van der Waals surface area contributed by atoms with Gasteiger partial charge in [-0.15, -0.1) is 11.3 Å². The molecule has 0 N–H and O–H groups in total. The van der Waals surface area contributed by atoms with Crippen LogP contribution in [0.15, 0.2) is 170 Å². The second-order valence-corrected chi connectivity index (χ2v) is 14.4. The Labute approximate surface area is 306 Å². The Hall–Kier alpha value is -6.16. The van der Waals surface area contributed by atoms with Crippen LogP contribution in [0, 0.1) is 0 Å². The maximum atomic E-state index is 2.52. The van der Waals surface area contributed by atoms with Crippen LogP contribution < -0.4 is 0 Å². The Morgan fingerprint density at radius 3 is 2.00 bits per heavy atom. The standard InChI is InChI=1S/C47H30N2S.C2H6/c1-3-12-30(13-4-1)32-16-11-19-35(26-32)48-41-21-10-9-20-36(41)38-28-39-37-23-25-45-46(40-27-33(22-24-44(40)50-45)31-14-7-8-15-31)47(37)49(43(39)29-42(38)48)34-17-5-2-6-18-34;1-2/h1-14,16-29H,15H2;1-2H3. The van der Waals surface area contributed by atoms with Gasteiger partial charge in [0.2, 0.25) is 0 Å². The number of para-hydroxylation sites is 2. The van der Waals surface area contributed by atoms with E-state index in [4.69, 9.17) is 0 Å². The van der Waals surface area contributed by atoms with Crippen LogP contribution in [-0.4, -0.2) is 9.13 Å². The molecule has 2 nitrogen and oxygen atoms in total. The second-order valence-electron chi connectivity index (χ2n) is 13.3. The van der Waals surface area contributed by atoms with E-state index in [1.807, 2.05) is 25.2 Å². The quantitative estimate of drug-likeness (QED) is 0.175. The van der Waals surface area contributed by atoms with Crippen molar-refractivity contribution in [2.75, 3.05) is 0 Å². The van der Waals surface area contributed by atoms with Crippen molar-refractivity contribution in [3.05, 3.63) is 175 Å². The van der Waals surface area contributed by atoms with Gasteiger partial charge in [-0.3, -0.25) is 0 Å². The normalized spacial score (nSPS) is 12.8. The van der Waals surface area contributed by atoms with Gasteiger partial charge in [-0.1, -0.05) is 123 Å². The van der Waals surface area contributed by atoms with Crippen LogP contribution >= 0.6 is 11.3 Å². The van der Waals surface area contributed by atoms with E-state index in [-0.39, 0.29) is 0 Å². The molecular formula is C49H36N2S. The molecule has 3 aromatic heterocycles. The molecule has 248 valence electrons. The highest BCUT2D eigenvalue weighted by Gasteiger charge is 2.22. The molecule has 52 heavy (non-hydrogen) atoms. The summed E-state index contributed by atoms with van der Waals surface area (Å²) in [6.07, 6.45) is 7.67. The molecule has 0 spiro atoms. The molecule has 0 amide bonds. The Morgan fingerprint density at radius 1 is 0.462 bits per heavy atom. The fourth-order valence-corrected chi connectivity index (χ4v) is 9.35. The molecule has 11 rings (SSSR count). The summed E-state index contributed by atoms with van der Waals surface area (Å²) in [5.41, 5.74) is 12.4. The fourth-order valence-electron chi connectivity index (χ4n) is 8.27. The smallest absolute Gasteiger partial charge is 0.0634 e. The minimum Gasteiger partial charge on any atom is -0.309 e. The molecule has 1 aliphatic carbocycles. The van der Waals surface area contributed by atoms with Crippen LogP contribution in [-0.2, 0) is 0 Å². The molecule has 10 aromatic rings. The third-order valence-electron chi connectivity index (χ3n) is 10.5. The first-order chi connectivity index (χ1) is 25.8. The Morgan fingerprint density at radius 2 is 1.17 bits per heavy atom. The SMILES string of the molecule is C1=CCC(c2ccc3sc4ccc5c6cc7c8ccccc8n(-c8cccc(-c9ccccc9)c8)c7cc6n(-c6ccccc6)c5c4c3c2)=C1.CC. The van der Waals surface area contributed by atoms with E-state index in [2.05, 4.69) is 179 Å². The number of nitrogens with zero attached hydrogens (tertiary/aromatic N) is 2. The highest BCUT2D eigenvalue weighted by molar-refractivity contribution is 7.26. The summed E-state index contributed by atoms with van der Waals surface area (Å²) >= 11 is 1.89. The van der Waals surface area contributed by atoms with Crippen LogP contribution in [0.1, 0.15) is 25.8 Å². The maximum Gasteiger partial charge on any atom is 0.0634 e. The summed E-state index contributed by atoms with van der Waals surface area (Å²) < 4.78 is 7.62. The summed E-state index contributed by atoms with van der Waals surface area (Å²) in [5, 5.41) is 7.76. The average molecular weight is 685 g/mol. The van der Waals surface area contributed by atoms with Crippen LogP contribution in [0.4, 0.5) is 0 Å². The molecule has 7 aromatic carbocycles. The zero-order chi connectivity index (χ0) is 34.8. The Kier molecular flexibility index (Phi) is 7.23. The lowest BCUT2D eigenvalue weighted by molar-refractivity contribution is 1.17. The van der Waals surface area contributed by atoms with Crippen molar-refractivity contribution in [3.63, 3.8) is 0 Å². The molecule has 0 saturated heterocycles. The van der Waals surface area contributed by atoms with Gasteiger partial charge in [-0.2, -0.15) is 0 Å². The van der Waals surface area contributed by atoms with Gasteiger partial charge >= 0.3 is 0 Å². The summed E-state index contributed by atoms with van der Waals surface area (Å²) in [6.45, 7) is 4.00. The molecule has 0 radical (unpaired) electrons. The largest absolute Gasteiger partial charge is 0.309 e. The van der Waals surface area contributed by atoms with E-state index in [1.54, 1.807) is 0 Å².